The number of halogens is 1. The van der Waals surface area contributed by atoms with Crippen LogP contribution in [0.15, 0.2) is 47.2 Å². The number of carbonyl (C=O) groups excluding carboxylic acids is 1. The van der Waals surface area contributed by atoms with Crippen LogP contribution >= 0.6 is 11.6 Å². The molecule has 0 aromatic heterocycles. The van der Waals surface area contributed by atoms with E-state index >= 15 is 0 Å². The minimum Gasteiger partial charge on any atom is -0.329 e. The van der Waals surface area contributed by atoms with Crippen LogP contribution in [0.1, 0.15) is 33.6 Å². The monoisotopic (exact) mass is 268 g/mol. The summed E-state index contributed by atoms with van der Waals surface area (Å²) in [5.41, 5.74) is 6.12. The second-order valence-corrected chi connectivity index (χ2v) is 4.64. The molecule has 0 rings (SSSR count). The molecule has 0 spiro atoms. The van der Waals surface area contributed by atoms with Gasteiger partial charge < -0.3 is 5.43 Å². The molecule has 0 aliphatic heterocycles. The molecule has 3 nitrogen and oxygen atoms in total. The number of nitrogens with one attached hydrogen (secondary N) is 1. The number of hydrogen-bond acceptors (Lipinski definition) is 3. The maximum absolute atomic E-state index is 10.8. The molecule has 0 bridgehead atoms. The van der Waals surface area contributed by atoms with Gasteiger partial charge in [-0.3, -0.25) is 10.6 Å². The van der Waals surface area contributed by atoms with Crippen LogP contribution in [0.2, 0.25) is 0 Å². The van der Waals surface area contributed by atoms with E-state index in [2.05, 4.69) is 18.9 Å². The van der Waals surface area contributed by atoms with Gasteiger partial charge in [0.25, 0.3) is 5.24 Å². The molecule has 3 N–H and O–H groups in total. The van der Waals surface area contributed by atoms with Gasteiger partial charge in [-0.25, -0.2) is 0 Å². The fourth-order valence-electron chi connectivity index (χ4n) is 1.22. The Morgan fingerprint density at radius 2 is 1.78 bits per heavy atom. The van der Waals surface area contributed by atoms with E-state index in [0.29, 0.717) is 5.57 Å². The molecule has 4 heteroatoms. The summed E-state index contributed by atoms with van der Waals surface area (Å²) in [6, 6.07) is 0. The predicted molar refractivity (Wildman–Crippen MR) is 77.8 cm³/mol. The first-order valence-electron chi connectivity index (χ1n) is 5.73. The first kappa shape index (κ1) is 16.7. The molecule has 0 unspecified atom stereocenters. The summed E-state index contributed by atoms with van der Waals surface area (Å²) in [5.74, 6) is 5.25. The molecule has 0 aromatic carbocycles. The largest absolute Gasteiger partial charge is 0.329 e. The molecule has 0 aliphatic rings. The predicted octanol–water partition coefficient (Wildman–Crippen LogP) is 3.35. The molecule has 0 saturated heterocycles. The quantitative estimate of drug-likeness (QED) is 0.245. The zero-order chi connectivity index (χ0) is 14.1. The topological polar surface area (TPSA) is 55.1 Å². The molecule has 0 aliphatic carbocycles. The summed E-state index contributed by atoms with van der Waals surface area (Å²) >= 11 is 5.31. The average molecular weight is 269 g/mol. The zero-order valence-corrected chi connectivity index (χ0v) is 12.0. The molecule has 0 heterocycles. The second kappa shape index (κ2) is 8.72. The minimum atomic E-state index is -0.505. The van der Waals surface area contributed by atoms with Crippen molar-refractivity contribution in [2.24, 2.45) is 5.84 Å². The molecule has 0 radical (unpaired) electrons. The van der Waals surface area contributed by atoms with Crippen LogP contribution in [-0.2, 0) is 4.79 Å². The van der Waals surface area contributed by atoms with Crippen LogP contribution in [0.5, 0.6) is 0 Å². The fraction of sp³-hybridized carbons (Fsp3) is 0.357. The van der Waals surface area contributed by atoms with Gasteiger partial charge in [0.2, 0.25) is 0 Å². The Hall–Kier alpha value is -1.32. The highest BCUT2D eigenvalue weighted by molar-refractivity contribution is 6.68. The lowest BCUT2D eigenvalue weighted by atomic mass is 10.0. The number of carbonyl (C=O) groups is 1. The summed E-state index contributed by atoms with van der Waals surface area (Å²) < 4.78 is 0. The van der Waals surface area contributed by atoms with Gasteiger partial charge in [-0.05, 0) is 51.3 Å². The van der Waals surface area contributed by atoms with Crippen LogP contribution < -0.4 is 11.3 Å². The number of hydrazine groups is 1. The van der Waals surface area contributed by atoms with Crippen molar-refractivity contribution in [3.8, 4) is 0 Å². The third-order valence-electron chi connectivity index (χ3n) is 2.43. The highest BCUT2D eigenvalue weighted by atomic mass is 35.5. The van der Waals surface area contributed by atoms with Gasteiger partial charge in [0.1, 0.15) is 0 Å². The number of nitrogens with two attached hydrogens (primary N) is 1. The van der Waals surface area contributed by atoms with Gasteiger partial charge in [0, 0.05) is 11.3 Å². The van der Waals surface area contributed by atoms with Gasteiger partial charge in [0.05, 0.1) is 0 Å². The van der Waals surface area contributed by atoms with E-state index in [1.807, 2.05) is 26.0 Å². The van der Waals surface area contributed by atoms with E-state index in [0.717, 1.165) is 24.1 Å². The number of hydrogen-bond donors (Lipinski definition) is 2. The first-order valence-corrected chi connectivity index (χ1v) is 6.11. The third-order valence-corrected chi connectivity index (χ3v) is 2.68. The summed E-state index contributed by atoms with van der Waals surface area (Å²) in [4.78, 5) is 10.8. The summed E-state index contributed by atoms with van der Waals surface area (Å²) in [6.07, 6.45) is 7.46. The Kier molecular flexibility index (Phi) is 8.08. The van der Waals surface area contributed by atoms with Gasteiger partial charge in [-0.2, -0.15) is 0 Å². The molecule has 100 valence electrons. The van der Waals surface area contributed by atoms with Crippen molar-refractivity contribution in [1.82, 2.24) is 5.43 Å². The summed E-state index contributed by atoms with van der Waals surface area (Å²) in [5, 5.41) is -0.505. The molecule has 0 fully saturated rings. The van der Waals surface area contributed by atoms with Gasteiger partial charge in [-0.1, -0.05) is 29.9 Å². The second-order valence-electron chi connectivity index (χ2n) is 4.30. The van der Waals surface area contributed by atoms with E-state index in [-0.39, 0.29) is 0 Å². The lowest BCUT2D eigenvalue weighted by Gasteiger charge is -2.03. The Morgan fingerprint density at radius 1 is 1.22 bits per heavy atom. The minimum absolute atomic E-state index is 0.332. The van der Waals surface area contributed by atoms with Gasteiger partial charge in [0.15, 0.2) is 0 Å². The van der Waals surface area contributed by atoms with Crippen molar-refractivity contribution in [3.63, 3.8) is 0 Å². The smallest absolute Gasteiger partial charge is 0.251 e. The Labute approximate surface area is 114 Å². The van der Waals surface area contributed by atoms with Gasteiger partial charge >= 0.3 is 0 Å². The Morgan fingerprint density at radius 3 is 2.28 bits per heavy atom. The van der Waals surface area contributed by atoms with E-state index < -0.39 is 5.24 Å². The van der Waals surface area contributed by atoms with E-state index in [4.69, 9.17) is 17.4 Å². The highest BCUT2D eigenvalue weighted by Crippen LogP contribution is 2.13. The Balaban J connectivity index is 4.33. The van der Waals surface area contributed by atoms with Crippen molar-refractivity contribution in [1.29, 1.82) is 0 Å². The normalized spacial score (nSPS) is 13.5. The van der Waals surface area contributed by atoms with Crippen LogP contribution in [0.3, 0.4) is 0 Å². The maximum Gasteiger partial charge on any atom is 0.251 e. The first-order chi connectivity index (χ1) is 8.36. The van der Waals surface area contributed by atoms with Crippen LogP contribution in [0, 0.1) is 0 Å². The van der Waals surface area contributed by atoms with E-state index in [9.17, 15) is 4.79 Å². The van der Waals surface area contributed by atoms with Crippen LogP contribution in [0.4, 0.5) is 0 Å². The molecule has 0 aromatic rings. The summed E-state index contributed by atoms with van der Waals surface area (Å²) in [7, 11) is 0. The highest BCUT2D eigenvalue weighted by Gasteiger charge is 2.00. The molecule has 0 atom stereocenters. The molecule has 0 amide bonds. The zero-order valence-electron chi connectivity index (χ0n) is 11.2. The van der Waals surface area contributed by atoms with Crippen molar-refractivity contribution < 1.29 is 4.79 Å². The van der Waals surface area contributed by atoms with Crippen LogP contribution in [-0.4, -0.2) is 5.24 Å². The standard InChI is InChI=1S/C14H21ClN2O/c1-10(7-8-13(4)17-16)5-6-11(2)9-12(3)14(15)18/h7-9,17H,3,5-6,16H2,1-2,4H3/b10-7-,11-9+,13-8-. The van der Waals surface area contributed by atoms with Crippen molar-refractivity contribution >= 4 is 16.8 Å². The average Bonchev–Trinajstić information content (AvgIpc) is 2.32. The molecular formula is C14H21ClN2O. The molecule has 0 saturated carbocycles. The van der Waals surface area contributed by atoms with Gasteiger partial charge in [-0.15, -0.1) is 0 Å². The SMILES string of the molecule is C=C(/C=C(\C)CC/C(C)=C\C=C(\C)NN)C(=O)Cl. The van der Waals surface area contributed by atoms with Crippen LogP contribution in [0.25, 0.3) is 0 Å². The lowest BCUT2D eigenvalue weighted by Crippen LogP contribution is -2.18. The van der Waals surface area contributed by atoms with E-state index in [1.54, 1.807) is 6.08 Å². The van der Waals surface area contributed by atoms with Crippen molar-refractivity contribution in [3.05, 3.63) is 47.2 Å². The maximum atomic E-state index is 10.8. The fourth-order valence-corrected chi connectivity index (χ4v) is 1.27. The summed E-state index contributed by atoms with van der Waals surface area (Å²) in [6.45, 7) is 9.49. The number of rotatable bonds is 7. The van der Waals surface area contributed by atoms with E-state index in [1.165, 1.54) is 5.57 Å². The third kappa shape index (κ3) is 7.87. The lowest BCUT2D eigenvalue weighted by molar-refractivity contribution is -0.108. The Bertz CT molecular complexity index is 406. The molecular weight excluding hydrogens is 248 g/mol. The van der Waals surface area contributed by atoms with Crippen molar-refractivity contribution in [2.75, 3.05) is 0 Å². The number of allylic oxidation sites excluding steroid dienone is 7. The van der Waals surface area contributed by atoms with Crippen molar-refractivity contribution in [2.45, 2.75) is 33.6 Å². The molecule has 18 heavy (non-hydrogen) atoms.